The molecule has 3 N–H and O–H groups in total. The first kappa shape index (κ1) is 18.8. The summed E-state index contributed by atoms with van der Waals surface area (Å²) in [6, 6.07) is 0.733. The third-order valence-corrected chi connectivity index (χ3v) is 4.23. The van der Waals surface area contributed by atoms with E-state index < -0.39 is 17.7 Å². The van der Waals surface area contributed by atoms with E-state index in [9.17, 15) is 18.0 Å². The number of carbonyl (C=O) groups excluding carboxylic acids is 1. The molecule has 2 rings (SSSR count). The van der Waals surface area contributed by atoms with Gasteiger partial charge < -0.3 is 15.8 Å². The highest BCUT2D eigenvalue weighted by atomic mass is 35.5. The molecule has 1 saturated heterocycles. The van der Waals surface area contributed by atoms with Crippen molar-refractivity contribution in [3.8, 4) is 0 Å². The Morgan fingerprint density at radius 2 is 2.04 bits per heavy atom. The first-order valence-corrected chi connectivity index (χ1v) is 7.91. The van der Waals surface area contributed by atoms with Crippen LogP contribution in [0.5, 0.6) is 0 Å². The van der Waals surface area contributed by atoms with Crippen LogP contribution in [0.4, 0.5) is 18.9 Å². The van der Waals surface area contributed by atoms with E-state index >= 15 is 0 Å². The average Bonchev–Trinajstić information content (AvgIpc) is 2.52. The van der Waals surface area contributed by atoms with E-state index in [4.69, 9.17) is 22.1 Å². The molecular weight excluding hydrogens is 347 g/mol. The summed E-state index contributed by atoms with van der Waals surface area (Å²) in [6.45, 7) is 4.19. The van der Waals surface area contributed by atoms with E-state index in [0.717, 1.165) is 6.07 Å². The Morgan fingerprint density at radius 1 is 1.42 bits per heavy atom. The monoisotopic (exact) mass is 365 g/mol. The first-order valence-electron chi connectivity index (χ1n) is 7.54. The number of nitrogens with one attached hydrogen (secondary N) is 1. The van der Waals surface area contributed by atoms with Gasteiger partial charge in [-0.2, -0.15) is 13.2 Å². The zero-order valence-electron chi connectivity index (χ0n) is 13.2. The highest BCUT2D eigenvalue weighted by molar-refractivity contribution is 6.34. The van der Waals surface area contributed by atoms with Gasteiger partial charge in [0.2, 0.25) is 0 Å². The molecule has 1 aromatic carbocycles. The van der Waals surface area contributed by atoms with Crippen LogP contribution in [-0.4, -0.2) is 43.7 Å². The third kappa shape index (κ3) is 4.12. The molecule has 0 amide bonds. The second-order valence-electron chi connectivity index (χ2n) is 5.42. The van der Waals surface area contributed by atoms with E-state index in [2.05, 4.69) is 5.32 Å². The first-order chi connectivity index (χ1) is 11.3. The summed E-state index contributed by atoms with van der Waals surface area (Å²) >= 11 is 6.10. The van der Waals surface area contributed by atoms with Crippen LogP contribution in [0.2, 0.25) is 5.02 Å². The van der Waals surface area contributed by atoms with Crippen molar-refractivity contribution in [2.45, 2.75) is 19.6 Å². The lowest BCUT2D eigenvalue weighted by atomic mass is 10.00. The summed E-state index contributed by atoms with van der Waals surface area (Å²) in [4.78, 5) is 13.7. The second kappa shape index (κ2) is 7.58. The molecule has 0 aliphatic carbocycles. The topological polar surface area (TPSA) is 67.6 Å². The molecule has 0 saturated carbocycles. The van der Waals surface area contributed by atoms with Gasteiger partial charge >= 0.3 is 12.1 Å². The van der Waals surface area contributed by atoms with E-state index in [1.165, 1.54) is 0 Å². The van der Waals surface area contributed by atoms with Gasteiger partial charge in [-0.25, -0.2) is 4.79 Å². The third-order valence-electron chi connectivity index (χ3n) is 3.80. The van der Waals surface area contributed by atoms with Crippen LogP contribution in [0, 0.1) is 0 Å². The van der Waals surface area contributed by atoms with Crippen molar-refractivity contribution in [3.63, 3.8) is 0 Å². The van der Waals surface area contributed by atoms with Gasteiger partial charge in [0, 0.05) is 32.7 Å². The maximum Gasteiger partial charge on any atom is 0.416 e. The number of piperazine rings is 1. The van der Waals surface area contributed by atoms with Crippen LogP contribution in [-0.2, 0) is 17.5 Å². The summed E-state index contributed by atoms with van der Waals surface area (Å²) in [5.41, 5.74) is 4.18. The molecule has 1 fully saturated rings. The minimum Gasteiger partial charge on any atom is -0.462 e. The number of benzene rings is 1. The molecule has 0 spiro atoms. The lowest BCUT2D eigenvalue weighted by Crippen LogP contribution is -2.43. The van der Waals surface area contributed by atoms with E-state index in [0.29, 0.717) is 26.2 Å². The highest BCUT2D eigenvalue weighted by Crippen LogP contribution is 2.40. The lowest BCUT2D eigenvalue weighted by Gasteiger charge is -2.29. The molecule has 5 nitrogen and oxygen atoms in total. The predicted molar refractivity (Wildman–Crippen MR) is 85.0 cm³/mol. The van der Waals surface area contributed by atoms with Gasteiger partial charge in [-0.3, -0.25) is 4.90 Å². The molecule has 1 heterocycles. The standard InChI is InChI=1S/C15H19ClF3N3O2/c1-2-24-14(23)9-7-11(15(17,18)19)10(12(16)13(9)20)8-22-5-3-21-4-6-22/h7,21H,2-6,8,20H2,1H3. The number of nitrogens with two attached hydrogens (primary N) is 1. The molecule has 0 radical (unpaired) electrons. The number of esters is 1. The summed E-state index contributed by atoms with van der Waals surface area (Å²) in [5.74, 6) is -0.920. The Morgan fingerprint density at radius 3 is 2.58 bits per heavy atom. The van der Waals surface area contributed by atoms with Gasteiger partial charge in [-0.15, -0.1) is 0 Å². The highest BCUT2D eigenvalue weighted by Gasteiger charge is 2.37. The molecule has 1 aliphatic heterocycles. The zero-order chi connectivity index (χ0) is 17.9. The van der Waals surface area contributed by atoms with Crippen molar-refractivity contribution in [1.82, 2.24) is 10.2 Å². The zero-order valence-corrected chi connectivity index (χ0v) is 13.9. The molecule has 0 bridgehead atoms. The van der Waals surface area contributed by atoms with Crippen molar-refractivity contribution in [2.75, 3.05) is 38.5 Å². The van der Waals surface area contributed by atoms with E-state index in [1.54, 1.807) is 6.92 Å². The van der Waals surface area contributed by atoms with Gasteiger partial charge in [0.1, 0.15) is 0 Å². The Balaban J connectivity index is 2.48. The van der Waals surface area contributed by atoms with Crippen molar-refractivity contribution < 1.29 is 22.7 Å². The van der Waals surface area contributed by atoms with Crippen LogP contribution in [0.1, 0.15) is 28.4 Å². The Labute approximate surface area is 142 Å². The predicted octanol–water partition coefficient (Wildman–Crippen LogP) is 2.52. The lowest BCUT2D eigenvalue weighted by molar-refractivity contribution is -0.138. The van der Waals surface area contributed by atoms with Gasteiger partial charge in [-0.05, 0) is 18.6 Å². The maximum atomic E-state index is 13.5. The summed E-state index contributed by atoms with van der Waals surface area (Å²) in [5, 5.41) is 2.88. The molecule has 1 aromatic rings. The van der Waals surface area contributed by atoms with E-state index in [-0.39, 0.29) is 35.0 Å². The average molecular weight is 366 g/mol. The number of nitrogens with zero attached hydrogens (tertiary/aromatic N) is 1. The van der Waals surface area contributed by atoms with Crippen LogP contribution >= 0.6 is 11.6 Å². The van der Waals surface area contributed by atoms with Crippen LogP contribution in [0.25, 0.3) is 0 Å². The Hall–Kier alpha value is -1.51. The van der Waals surface area contributed by atoms with Crippen LogP contribution in [0.15, 0.2) is 6.07 Å². The molecule has 9 heteroatoms. The quantitative estimate of drug-likeness (QED) is 0.634. The molecule has 0 aromatic heterocycles. The fourth-order valence-corrected chi connectivity index (χ4v) is 2.85. The summed E-state index contributed by atoms with van der Waals surface area (Å²) in [6.07, 6.45) is -4.65. The van der Waals surface area contributed by atoms with Crippen molar-refractivity contribution >= 4 is 23.3 Å². The molecule has 24 heavy (non-hydrogen) atoms. The minimum absolute atomic E-state index is 0.0165. The number of anilines is 1. The minimum atomic E-state index is -4.65. The normalized spacial score (nSPS) is 16.2. The summed E-state index contributed by atoms with van der Waals surface area (Å²) < 4.78 is 45.1. The number of halogens is 4. The number of carbonyl (C=O) groups is 1. The summed E-state index contributed by atoms with van der Waals surface area (Å²) in [7, 11) is 0. The van der Waals surface area contributed by atoms with Crippen molar-refractivity contribution in [3.05, 3.63) is 27.8 Å². The smallest absolute Gasteiger partial charge is 0.416 e. The molecule has 0 atom stereocenters. The maximum absolute atomic E-state index is 13.5. The van der Waals surface area contributed by atoms with Crippen LogP contribution in [0.3, 0.4) is 0 Å². The van der Waals surface area contributed by atoms with Gasteiger partial charge in [0.25, 0.3) is 0 Å². The Kier molecular flexibility index (Phi) is 5.95. The molecular formula is C15H19ClF3N3O2. The number of nitrogen functional groups attached to an aromatic ring is 1. The largest absolute Gasteiger partial charge is 0.462 e. The van der Waals surface area contributed by atoms with Crippen LogP contribution < -0.4 is 11.1 Å². The molecule has 134 valence electrons. The fraction of sp³-hybridized carbons (Fsp3) is 0.533. The SMILES string of the molecule is CCOC(=O)c1cc(C(F)(F)F)c(CN2CCNCC2)c(Cl)c1N. The van der Waals surface area contributed by atoms with Gasteiger partial charge in [0.05, 0.1) is 28.4 Å². The van der Waals surface area contributed by atoms with E-state index in [1.807, 2.05) is 4.90 Å². The second-order valence-corrected chi connectivity index (χ2v) is 5.80. The number of hydrogen-bond donors (Lipinski definition) is 2. The molecule has 0 unspecified atom stereocenters. The van der Waals surface area contributed by atoms with Gasteiger partial charge in [0.15, 0.2) is 0 Å². The molecule has 1 aliphatic rings. The number of alkyl halides is 3. The Bertz CT molecular complexity index is 617. The van der Waals surface area contributed by atoms with Crippen molar-refractivity contribution in [2.24, 2.45) is 0 Å². The van der Waals surface area contributed by atoms with Gasteiger partial charge in [-0.1, -0.05) is 11.6 Å². The van der Waals surface area contributed by atoms with Crippen molar-refractivity contribution in [1.29, 1.82) is 0 Å². The fourth-order valence-electron chi connectivity index (χ4n) is 2.59. The number of hydrogen-bond acceptors (Lipinski definition) is 5. The number of ether oxygens (including phenoxy) is 1. The number of rotatable bonds is 4.